The summed E-state index contributed by atoms with van der Waals surface area (Å²) in [5.74, 6) is 1.73. The molecule has 0 unspecified atom stereocenters. The van der Waals surface area contributed by atoms with Crippen LogP contribution in [-0.4, -0.2) is 13.2 Å². The van der Waals surface area contributed by atoms with Crippen LogP contribution in [0.25, 0.3) is 0 Å². The molecule has 0 aliphatic heterocycles. The van der Waals surface area contributed by atoms with Gasteiger partial charge in [-0.1, -0.05) is 12.8 Å². The molecule has 59 valence electrons. The van der Waals surface area contributed by atoms with Gasteiger partial charge in [0.25, 0.3) is 0 Å². The maximum absolute atomic E-state index is 5.27. The summed E-state index contributed by atoms with van der Waals surface area (Å²) < 4.78 is 5.27. The highest BCUT2D eigenvalue weighted by Crippen LogP contribution is 2.29. The first-order valence-corrected chi connectivity index (χ1v) is 4.35. The summed E-state index contributed by atoms with van der Waals surface area (Å²) in [5, 5.41) is 0. The lowest BCUT2D eigenvalue weighted by atomic mass is 10.1. The highest BCUT2D eigenvalue weighted by molar-refractivity contribution is 4.93. The summed E-state index contributed by atoms with van der Waals surface area (Å²) in [4.78, 5) is 0. The Labute approximate surface area is 63.8 Å². The van der Waals surface area contributed by atoms with Gasteiger partial charge in [0.15, 0.2) is 0 Å². The lowest BCUT2D eigenvalue weighted by molar-refractivity contribution is 0.146. The van der Waals surface area contributed by atoms with Crippen LogP contribution in [0.15, 0.2) is 0 Å². The van der Waals surface area contributed by atoms with Gasteiger partial charge in [0.05, 0.1) is 0 Å². The van der Waals surface area contributed by atoms with Gasteiger partial charge in [-0.05, 0) is 32.1 Å². The zero-order valence-electron chi connectivity index (χ0n) is 6.86. The SMILES string of the molecule is CCOCC[C]1CCCC1. The van der Waals surface area contributed by atoms with Gasteiger partial charge >= 0.3 is 0 Å². The molecule has 0 bridgehead atoms. The van der Waals surface area contributed by atoms with E-state index in [1.165, 1.54) is 32.1 Å². The van der Waals surface area contributed by atoms with E-state index in [1.54, 1.807) is 5.92 Å². The Morgan fingerprint density at radius 3 is 2.60 bits per heavy atom. The van der Waals surface area contributed by atoms with Crippen molar-refractivity contribution in [2.24, 2.45) is 0 Å². The summed E-state index contributed by atoms with van der Waals surface area (Å²) in [6.07, 6.45) is 6.79. The molecular formula is C9H17O. The van der Waals surface area contributed by atoms with Crippen LogP contribution in [0.1, 0.15) is 39.0 Å². The van der Waals surface area contributed by atoms with Gasteiger partial charge in [0, 0.05) is 13.2 Å². The molecule has 1 heteroatoms. The quantitative estimate of drug-likeness (QED) is 0.547. The van der Waals surface area contributed by atoms with E-state index in [1.807, 2.05) is 0 Å². The maximum Gasteiger partial charge on any atom is 0.0471 e. The van der Waals surface area contributed by atoms with Crippen molar-refractivity contribution in [2.75, 3.05) is 13.2 Å². The van der Waals surface area contributed by atoms with Crippen LogP contribution in [0.5, 0.6) is 0 Å². The van der Waals surface area contributed by atoms with E-state index < -0.39 is 0 Å². The minimum atomic E-state index is 0.868. The Bertz CT molecular complexity index is 74.8. The zero-order valence-corrected chi connectivity index (χ0v) is 6.86. The normalized spacial score (nSPS) is 20.1. The van der Waals surface area contributed by atoms with Gasteiger partial charge in [-0.3, -0.25) is 0 Å². The minimum absolute atomic E-state index is 0.868. The third kappa shape index (κ3) is 2.70. The van der Waals surface area contributed by atoms with Gasteiger partial charge in [0.2, 0.25) is 0 Å². The third-order valence-corrected chi connectivity index (χ3v) is 2.11. The predicted octanol–water partition coefficient (Wildman–Crippen LogP) is 2.56. The van der Waals surface area contributed by atoms with Gasteiger partial charge < -0.3 is 4.74 Å². The van der Waals surface area contributed by atoms with Crippen LogP contribution in [0.4, 0.5) is 0 Å². The Hall–Kier alpha value is -0.0400. The lowest BCUT2D eigenvalue weighted by Crippen LogP contribution is -1.98. The molecule has 10 heavy (non-hydrogen) atoms. The van der Waals surface area contributed by atoms with Crippen molar-refractivity contribution in [1.29, 1.82) is 0 Å². The number of hydrogen-bond donors (Lipinski definition) is 0. The van der Waals surface area contributed by atoms with Crippen molar-refractivity contribution in [3.05, 3.63) is 5.92 Å². The lowest BCUT2D eigenvalue weighted by Gasteiger charge is -2.06. The molecule has 0 N–H and O–H groups in total. The van der Waals surface area contributed by atoms with E-state index in [2.05, 4.69) is 6.92 Å². The molecule has 0 atom stereocenters. The number of ether oxygens (including phenoxy) is 1. The van der Waals surface area contributed by atoms with Crippen molar-refractivity contribution in [1.82, 2.24) is 0 Å². The average Bonchev–Trinajstić information content (AvgIpc) is 2.41. The smallest absolute Gasteiger partial charge is 0.0471 e. The first-order valence-electron chi connectivity index (χ1n) is 4.35. The van der Waals surface area contributed by atoms with Crippen LogP contribution in [-0.2, 0) is 4.74 Å². The fourth-order valence-corrected chi connectivity index (χ4v) is 1.49. The topological polar surface area (TPSA) is 9.23 Å². The van der Waals surface area contributed by atoms with Crippen LogP contribution in [0.3, 0.4) is 0 Å². The molecule has 1 nitrogen and oxygen atoms in total. The van der Waals surface area contributed by atoms with Crippen molar-refractivity contribution < 1.29 is 4.74 Å². The average molecular weight is 141 g/mol. The third-order valence-electron chi connectivity index (χ3n) is 2.11. The van der Waals surface area contributed by atoms with Gasteiger partial charge in [0.1, 0.15) is 0 Å². The van der Waals surface area contributed by atoms with Crippen molar-refractivity contribution in [2.45, 2.75) is 39.0 Å². The second-order valence-corrected chi connectivity index (χ2v) is 2.90. The molecular weight excluding hydrogens is 124 g/mol. The van der Waals surface area contributed by atoms with E-state index in [-0.39, 0.29) is 0 Å². The zero-order chi connectivity index (χ0) is 7.23. The van der Waals surface area contributed by atoms with E-state index in [0.29, 0.717) is 0 Å². The Morgan fingerprint density at radius 1 is 1.30 bits per heavy atom. The van der Waals surface area contributed by atoms with E-state index in [9.17, 15) is 0 Å². The molecule has 0 amide bonds. The summed E-state index contributed by atoms with van der Waals surface area (Å²) in [6, 6.07) is 0. The molecule has 0 aromatic heterocycles. The van der Waals surface area contributed by atoms with Crippen molar-refractivity contribution in [3.8, 4) is 0 Å². The number of hydrogen-bond acceptors (Lipinski definition) is 1. The molecule has 1 fully saturated rings. The Morgan fingerprint density at radius 2 is 2.00 bits per heavy atom. The minimum Gasteiger partial charge on any atom is -0.382 e. The fourth-order valence-electron chi connectivity index (χ4n) is 1.49. The summed E-state index contributed by atoms with van der Waals surface area (Å²) >= 11 is 0. The fraction of sp³-hybridized carbons (Fsp3) is 0.889. The van der Waals surface area contributed by atoms with Crippen LogP contribution >= 0.6 is 0 Å². The monoisotopic (exact) mass is 141 g/mol. The van der Waals surface area contributed by atoms with Gasteiger partial charge in [-0.25, -0.2) is 0 Å². The molecule has 1 saturated carbocycles. The van der Waals surface area contributed by atoms with Gasteiger partial charge in [-0.15, -0.1) is 0 Å². The largest absolute Gasteiger partial charge is 0.382 e. The highest BCUT2D eigenvalue weighted by atomic mass is 16.5. The second-order valence-electron chi connectivity index (χ2n) is 2.90. The maximum atomic E-state index is 5.27. The van der Waals surface area contributed by atoms with Crippen LogP contribution < -0.4 is 0 Å². The highest BCUT2D eigenvalue weighted by Gasteiger charge is 2.14. The Kier molecular flexibility index (Phi) is 3.81. The molecule has 0 aromatic carbocycles. The standard InChI is InChI=1S/C9H17O/c1-2-10-8-7-9-5-3-4-6-9/h2-8H2,1H3. The molecule has 0 aromatic rings. The molecule has 1 rings (SSSR count). The number of rotatable bonds is 4. The predicted molar refractivity (Wildman–Crippen MR) is 42.8 cm³/mol. The first kappa shape index (κ1) is 8.06. The second kappa shape index (κ2) is 4.73. The molecule has 0 spiro atoms. The Balaban J connectivity index is 1.91. The summed E-state index contributed by atoms with van der Waals surface area (Å²) in [6.45, 7) is 3.87. The van der Waals surface area contributed by atoms with E-state index >= 15 is 0 Å². The molecule has 0 heterocycles. The first-order chi connectivity index (χ1) is 4.93. The van der Waals surface area contributed by atoms with Crippen molar-refractivity contribution >= 4 is 0 Å². The van der Waals surface area contributed by atoms with Crippen LogP contribution in [0.2, 0.25) is 0 Å². The molecule has 1 aliphatic carbocycles. The summed E-state index contributed by atoms with van der Waals surface area (Å²) in [5.41, 5.74) is 0. The van der Waals surface area contributed by atoms with E-state index in [4.69, 9.17) is 4.74 Å². The van der Waals surface area contributed by atoms with Crippen molar-refractivity contribution in [3.63, 3.8) is 0 Å². The molecule has 1 radical (unpaired) electrons. The van der Waals surface area contributed by atoms with Gasteiger partial charge in [-0.2, -0.15) is 0 Å². The molecule has 1 aliphatic rings. The van der Waals surface area contributed by atoms with Crippen LogP contribution in [0, 0.1) is 5.92 Å². The summed E-state index contributed by atoms with van der Waals surface area (Å²) in [7, 11) is 0. The molecule has 0 saturated heterocycles. The van der Waals surface area contributed by atoms with E-state index in [0.717, 1.165) is 13.2 Å².